The molecule has 0 aromatic carbocycles. The van der Waals surface area contributed by atoms with Crippen molar-refractivity contribution in [3.8, 4) is 0 Å². The molecule has 91 valence electrons. The molecule has 1 unspecified atom stereocenters. The van der Waals surface area contributed by atoms with Crippen LogP contribution in [0.1, 0.15) is 58.8 Å². The van der Waals surface area contributed by atoms with Crippen LogP contribution in [-0.4, -0.2) is 16.8 Å². The van der Waals surface area contributed by atoms with Crippen LogP contribution in [-0.2, 0) is 0 Å². The lowest BCUT2D eigenvalue weighted by molar-refractivity contribution is 0.307. The van der Waals surface area contributed by atoms with E-state index >= 15 is 0 Å². The molecule has 0 aromatic rings. The third kappa shape index (κ3) is 2.77. The maximum Gasteiger partial charge on any atom is 0.0851 e. The van der Waals surface area contributed by atoms with Crippen molar-refractivity contribution in [2.75, 3.05) is 6.54 Å². The van der Waals surface area contributed by atoms with Gasteiger partial charge in [-0.15, -0.1) is 11.8 Å². The molecule has 1 nitrogen and oxygen atoms in total. The van der Waals surface area contributed by atoms with E-state index in [2.05, 4.69) is 24.2 Å². The Morgan fingerprint density at radius 2 is 2.06 bits per heavy atom. The Balaban J connectivity index is 1.92. The Morgan fingerprint density at radius 3 is 2.75 bits per heavy atom. The first kappa shape index (κ1) is 12.3. The smallest absolute Gasteiger partial charge is 0.0851 e. The van der Waals surface area contributed by atoms with E-state index in [0.29, 0.717) is 5.37 Å². The summed E-state index contributed by atoms with van der Waals surface area (Å²) in [5.74, 6) is 1.81. The Bertz CT molecular complexity index is 243. The van der Waals surface area contributed by atoms with Gasteiger partial charge in [0, 0.05) is 18.2 Å². The second-order valence-corrected chi connectivity index (χ2v) is 5.97. The number of nitrogens with zero attached hydrogens (tertiary/aromatic N) is 1. The summed E-state index contributed by atoms with van der Waals surface area (Å²) in [4.78, 5) is 2.63. The summed E-state index contributed by atoms with van der Waals surface area (Å²) in [6.45, 7) is 5.80. The van der Waals surface area contributed by atoms with Gasteiger partial charge >= 0.3 is 0 Å². The molecule has 2 rings (SSSR count). The maximum atomic E-state index is 2.63. The van der Waals surface area contributed by atoms with Gasteiger partial charge in [-0.1, -0.05) is 32.6 Å². The van der Waals surface area contributed by atoms with Gasteiger partial charge in [0.15, 0.2) is 0 Å². The minimum Gasteiger partial charge on any atom is -0.362 e. The van der Waals surface area contributed by atoms with Gasteiger partial charge in [0.2, 0.25) is 0 Å². The highest BCUT2D eigenvalue weighted by Crippen LogP contribution is 2.42. The average molecular weight is 238 g/mol. The van der Waals surface area contributed by atoms with Crippen molar-refractivity contribution in [3.05, 3.63) is 17.0 Å². The topological polar surface area (TPSA) is 3.24 Å². The van der Waals surface area contributed by atoms with Crippen LogP contribution in [0.4, 0.5) is 0 Å². The molecule has 0 N–H and O–H groups in total. The molecule has 2 aliphatic rings. The highest BCUT2D eigenvalue weighted by atomic mass is 32.2. The van der Waals surface area contributed by atoms with Crippen LogP contribution in [0, 0.1) is 5.92 Å². The molecule has 0 aromatic heterocycles. The first-order valence-electron chi connectivity index (χ1n) is 6.76. The normalized spacial score (nSPS) is 27.2. The van der Waals surface area contributed by atoms with Gasteiger partial charge in [0.1, 0.15) is 0 Å². The second-order valence-electron chi connectivity index (χ2n) is 5.01. The third-order valence-electron chi connectivity index (χ3n) is 3.70. The third-order valence-corrected chi connectivity index (χ3v) is 5.02. The van der Waals surface area contributed by atoms with Gasteiger partial charge in [0.05, 0.1) is 5.37 Å². The fourth-order valence-corrected chi connectivity index (χ4v) is 3.99. The molecule has 1 aliphatic carbocycles. The van der Waals surface area contributed by atoms with Gasteiger partial charge in [-0.05, 0) is 31.6 Å². The average Bonchev–Trinajstić information content (AvgIpc) is 2.69. The molecule has 1 heterocycles. The highest BCUT2D eigenvalue weighted by Gasteiger charge is 2.32. The Hall–Kier alpha value is -0.110. The van der Waals surface area contributed by atoms with Crippen molar-refractivity contribution in [1.29, 1.82) is 0 Å². The lowest BCUT2D eigenvalue weighted by atomic mass is 9.88. The van der Waals surface area contributed by atoms with Crippen LogP contribution in [0.15, 0.2) is 11.1 Å². The Labute approximate surface area is 105 Å². The summed E-state index contributed by atoms with van der Waals surface area (Å²) < 4.78 is 0. The van der Waals surface area contributed by atoms with Crippen molar-refractivity contribution in [3.63, 3.8) is 0 Å². The fourth-order valence-electron chi connectivity index (χ4n) is 2.68. The summed E-state index contributed by atoms with van der Waals surface area (Å²) in [7, 11) is 0. The molecule has 2 heteroatoms. The molecule has 0 bridgehead atoms. The summed E-state index contributed by atoms with van der Waals surface area (Å²) in [6, 6.07) is 0. The zero-order valence-electron chi connectivity index (χ0n) is 10.7. The Morgan fingerprint density at radius 1 is 1.31 bits per heavy atom. The van der Waals surface area contributed by atoms with E-state index in [1.807, 2.05) is 11.8 Å². The highest BCUT2D eigenvalue weighted by molar-refractivity contribution is 8.03. The number of hydrogen-bond donors (Lipinski definition) is 0. The van der Waals surface area contributed by atoms with Crippen molar-refractivity contribution >= 4 is 11.8 Å². The maximum absolute atomic E-state index is 2.63. The fraction of sp³-hybridized carbons (Fsp3) is 0.786. The lowest BCUT2D eigenvalue weighted by Crippen LogP contribution is -2.34. The first-order valence-corrected chi connectivity index (χ1v) is 7.70. The molecule has 1 aliphatic heterocycles. The second kappa shape index (κ2) is 6.00. The standard InChI is InChI=1S/C14H24NS/c1-3-4-10-15-12(2)11-16-14(15)13-8-6-5-7-9-13/h11,14H,3-10H2,1-2H3. The first-order chi connectivity index (χ1) is 7.83. The van der Waals surface area contributed by atoms with Crippen molar-refractivity contribution < 1.29 is 0 Å². The van der Waals surface area contributed by atoms with Gasteiger partial charge < -0.3 is 4.90 Å². The van der Waals surface area contributed by atoms with Crippen LogP contribution in [0.3, 0.4) is 0 Å². The number of hydrogen-bond acceptors (Lipinski definition) is 2. The number of unbranched alkanes of at least 4 members (excludes halogenated alkanes) is 1. The molecule has 1 radical (unpaired) electrons. The zero-order chi connectivity index (χ0) is 11.4. The van der Waals surface area contributed by atoms with Gasteiger partial charge in [0.25, 0.3) is 0 Å². The molecule has 0 amide bonds. The van der Waals surface area contributed by atoms with Gasteiger partial charge in [-0.25, -0.2) is 0 Å². The summed E-state index contributed by atoms with van der Waals surface area (Å²) in [6.07, 6.45) is 9.68. The predicted molar refractivity (Wildman–Crippen MR) is 73.1 cm³/mol. The van der Waals surface area contributed by atoms with Crippen LogP contribution in [0.25, 0.3) is 0 Å². The molecule has 0 saturated heterocycles. The molecule has 0 spiro atoms. The lowest BCUT2D eigenvalue weighted by Gasteiger charge is -2.35. The molecule has 16 heavy (non-hydrogen) atoms. The van der Waals surface area contributed by atoms with Gasteiger partial charge in [-0.3, -0.25) is 0 Å². The molecule has 1 saturated carbocycles. The number of thioether (sulfide) groups is 1. The van der Waals surface area contributed by atoms with Crippen molar-refractivity contribution in [2.45, 2.75) is 64.2 Å². The zero-order valence-corrected chi connectivity index (χ0v) is 11.5. The van der Waals surface area contributed by atoms with Gasteiger partial charge in [-0.2, -0.15) is 0 Å². The largest absolute Gasteiger partial charge is 0.362 e. The van der Waals surface area contributed by atoms with E-state index in [9.17, 15) is 0 Å². The Kier molecular flexibility index (Phi) is 4.63. The van der Waals surface area contributed by atoms with Crippen molar-refractivity contribution in [2.24, 2.45) is 0 Å². The number of rotatable bonds is 4. The van der Waals surface area contributed by atoms with Crippen LogP contribution >= 0.6 is 11.8 Å². The summed E-state index contributed by atoms with van der Waals surface area (Å²) in [5.41, 5.74) is 1.49. The van der Waals surface area contributed by atoms with E-state index < -0.39 is 0 Å². The van der Waals surface area contributed by atoms with Crippen LogP contribution < -0.4 is 0 Å². The van der Waals surface area contributed by atoms with E-state index in [1.54, 1.807) is 5.92 Å². The van der Waals surface area contributed by atoms with E-state index in [-0.39, 0.29) is 0 Å². The monoisotopic (exact) mass is 238 g/mol. The number of allylic oxidation sites excluding steroid dienone is 1. The SMILES string of the molecule is CCCCN1C(C)=CSC1[C]1CCCCC1. The quantitative estimate of drug-likeness (QED) is 0.706. The van der Waals surface area contributed by atoms with Crippen LogP contribution in [0.5, 0.6) is 0 Å². The predicted octanol–water partition coefficient (Wildman–Crippen LogP) is 4.56. The molecular formula is C14H24NS. The minimum atomic E-state index is 0.687. The molecule has 1 fully saturated rings. The summed E-state index contributed by atoms with van der Waals surface area (Å²) in [5, 5.41) is 3.05. The van der Waals surface area contributed by atoms with Crippen molar-refractivity contribution in [1.82, 2.24) is 4.90 Å². The summed E-state index contributed by atoms with van der Waals surface area (Å²) >= 11 is 2.04. The van der Waals surface area contributed by atoms with E-state index in [0.717, 1.165) is 0 Å². The van der Waals surface area contributed by atoms with E-state index in [1.165, 1.54) is 57.2 Å². The minimum absolute atomic E-state index is 0.687. The molecular weight excluding hydrogens is 214 g/mol. The van der Waals surface area contributed by atoms with E-state index in [4.69, 9.17) is 0 Å². The molecule has 1 atom stereocenters. The van der Waals surface area contributed by atoms with Crippen LogP contribution in [0.2, 0.25) is 0 Å².